The summed E-state index contributed by atoms with van der Waals surface area (Å²) in [6, 6.07) is 4.92. The van der Waals surface area contributed by atoms with Crippen LogP contribution in [0.4, 0.5) is 16.5 Å². The molecule has 0 unspecified atom stereocenters. The quantitative estimate of drug-likeness (QED) is 0.563. The molecule has 8 nitrogen and oxygen atoms in total. The second-order valence-electron chi connectivity index (χ2n) is 7.72. The van der Waals surface area contributed by atoms with Gasteiger partial charge in [-0.3, -0.25) is 14.9 Å². The molecule has 0 aliphatic carbocycles. The van der Waals surface area contributed by atoms with Crippen molar-refractivity contribution in [2.24, 2.45) is 5.92 Å². The summed E-state index contributed by atoms with van der Waals surface area (Å²) in [6.07, 6.45) is 3.84. The van der Waals surface area contributed by atoms with Crippen molar-refractivity contribution < 1.29 is 9.72 Å². The third-order valence-corrected chi connectivity index (χ3v) is 6.63. The van der Waals surface area contributed by atoms with Crippen LogP contribution >= 0.6 is 11.3 Å². The fourth-order valence-corrected chi connectivity index (χ4v) is 4.67. The largest absolute Gasteiger partial charge is 0.366 e. The summed E-state index contributed by atoms with van der Waals surface area (Å²) >= 11 is 1.59. The summed E-state index contributed by atoms with van der Waals surface area (Å²) in [6.45, 7) is 6.43. The maximum absolute atomic E-state index is 13.0. The second-order valence-corrected chi connectivity index (χ2v) is 8.60. The van der Waals surface area contributed by atoms with Gasteiger partial charge in [-0.1, -0.05) is 6.92 Å². The average Bonchev–Trinajstić information content (AvgIpc) is 3.28. The summed E-state index contributed by atoms with van der Waals surface area (Å²) in [5, 5.41) is 14.6. The van der Waals surface area contributed by atoms with Crippen molar-refractivity contribution in [2.45, 2.75) is 19.8 Å². The Morgan fingerprint density at radius 1 is 1.14 bits per heavy atom. The molecule has 0 spiro atoms. The third kappa shape index (κ3) is 4.19. The van der Waals surface area contributed by atoms with E-state index in [1.54, 1.807) is 34.6 Å². The van der Waals surface area contributed by atoms with Crippen LogP contribution in [-0.2, 0) is 0 Å². The van der Waals surface area contributed by atoms with E-state index in [1.807, 2.05) is 5.38 Å². The lowest BCUT2D eigenvalue weighted by atomic mass is 9.98. The molecule has 2 saturated heterocycles. The number of hydrogen-bond acceptors (Lipinski definition) is 7. The van der Waals surface area contributed by atoms with E-state index in [0.717, 1.165) is 31.1 Å². The Kier molecular flexibility index (Phi) is 5.66. The van der Waals surface area contributed by atoms with Crippen LogP contribution in [0.2, 0.25) is 0 Å². The van der Waals surface area contributed by atoms with E-state index >= 15 is 0 Å². The first-order chi connectivity index (χ1) is 14.0. The molecule has 29 heavy (non-hydrogen) atoms. The molecule has 0 saturated carbocycles. The monoisotopic (exact) mass is 415 g/mol. The molecule has 0 bridgehead atoms. The van der Waals surface area contributed by atoms with E-state index in [1.165, 1.54) is 6.07 Å². The molecule has 2 aromatic rings. The first kappa shape index (κ1) is 19.6. The maximum Gasteiger partial charge on any atom is 0.293 e. The SMILES string of the molecule is CC1CCN(c2ccc(C(=O)N3CCN(c4nccs4)CC3)cc2[N+](=O)[O-])CC1. The Hall–Kier alpha value is -2.68. The number of nitro benzene ring substituents is 1. The number of anilines is 2. The zero-order valence-corrected chi connectivity index (χ0v) is 17.3. The molecule has 2 aliphatic heterocycles. The number of benzene rings is 1. The lowest BCUT2D eigenvalue weighted by molar-refractivity contribution is -0.384. The number of amides is 1. The molecule has 9 heteroatoms. The van der Waals surface area contributed by atoms with Crippen molar-refractivity contribution in [2.75, 3.05) is 49.1 Å². The van der Waals surface area contributed by atoms with Crippen molar-refractivity contribution in [1.82, 2.24) is 9.88 Å². The predicted octanol–water partition coefficient (Wildman–Crippen LogP) is 3.25. The van der Waals surface area contributed by atoms with E-state index in [2.05, 4.69) is 21.7 Å². The van der Waals surface area contributed by atoms with Crippen LogP contribution < -0.4 is 9.80 Å². The minimum absolute atomic E-state index is 0.0202. The highest BCUT2D eigenvalue weighted by Gasteiger charge is 2.28. The number of piperazine rings is 1. The normalized spacial score (nSPS) is 18.2. The predicted molar refractivity (Wildman–Crippen MR) is 114 cm³/mol. The van der Waals surface area contributed by atoms with Crippen molar-refractivity contribution in [3.8, 4) is 0 Å². The van der Waals surface area contributed by atoms with E-state index < -0.39 is 0 Å². The summed E-state index contributed by atoms with van der Waals surface area (Å²) in [4.78, 5) is 34.6. The molecular weight excluding hydrogens is 390 g/mol. The molecule has 0 N–H and O–H groups in total. The van der Waals surface area contributed by atoms with E-state index in [4.69, 9.17) is 0 Å². The van der Waals surface area contributed by atoms with Gasteiger partial charge in [-0.25, -0.2) is 4.98 Å². The molecular formula is C20H25N5O3S. The Morgan fingerprint density at radius 2 is 1.86 bits per heavy atom. The Balaban J connectivity index is 1.47. The first-order valence-electron chi connectivity index (χ1n) is 10.00. The highest BCUT2D eigenvalue weighted by molar-refractivity contribution is 7.13. The van der Waals surface area contributed by atoms with Gasteiger partial charge < -0.3 is 14.7 Å². The molecule has 4 rings (SSSR count). The minimum atomic E-state index is -0.370. The number of nitro groups is 1. The van der Waals surface area contributed by atoms with Gasteiger partial charge in [0.25, 0.3) is 11.6 Å². The number of nitrogens with zero attached hydrogens (tertiary/aromatic N) is 5. The standard InChI is InChI=1S/C20H25N5O3S/c1-15-4-7-22(8-5-15)17-3-2-16(14-18(17)25(27)28)19(26)23-9-11-24(12-10-23)20-21-6-13-29-20/h2-3,6,13-15H,4-5,7-12H2,1H3. The third-order valence-electron chi connectivity index (χ3n) is 5.80. The molecule has 2 fully saturated rings. The molecule has 1 aromatic carbocycles. The molecule has 3 heterocycles. The molecule has 154 valence electrons. The number of rotatable bonds is 4. The topological polar surface area (TPSA) is 82.8 Å². The van der Waals surface area contributed by atoms with Gasteiger partial charge in [0.1, 0.15) is 5.69 Å². The molecule has 2 aliphatic rings. The fraction of sp³-hybridized carbons (Fsp3) is 0.500. The van der Waals surface area contributed by atoms with Crippen molar-refractivity contribution in [1.29, 1.82) is 0 Å². The van der Waals surface area contributed by atoms with Crippen LogP contribution in [0.3, 0.4) is 0 Å². The second kappa shape index (κ2) is 8.36. The minimum Gasteiger partial charge on any atom is -0.366 e. The number of thiazole rings is 1. The summed E-state index contributed by atoms with van der Waals surface area (Å²) in [5.41, 5.74) is 1.02. The molecule has 0 radical (unpaired) electrons. The average molecular weight is 416 g/mol. The molecule has 1 amide bonds. The molecule has 1 aromatic heterocycles. The van der Waals surface area contributed by atoms with E-state index in [-0.39, 0.29) is 16.5 Å². The van der Waals surface area contributed by atoms with Crippen molar-refractivity contribution in [3.05, 3.63) is 45.5 Å². The Bertz CT molecular complexity index is 872. The lowest BCUT2D eigenvalue weighted by Crippen LogP contribution is -2.48. The number of aromatic nitrogens is 1. The van der Waals surface area contributed by atoms with Gasteiger partial charge in [0.05, 0.1) is 4.92 Å². The lowest BCUT2D eigenvalue weighted by Gasteiger charge is -2.34. The summed E-state index contributed by atoms with van der Waals surface area (Å²) < 4.78 is 0. The van der Waals surface area contributed by atoms with Crippen LogP contribution in [-0.4, -0.2) is 60.0 Å². The summed E-state index contributed by atoms with van der Waals surface area (Å²) in [7, 11) is 0. The van der Waals surface area contributed by atoms with Gasteiger partial charge in [0.15, 0.2) is 5.13 Å². The number of carbonyl (C=O) groups excluding carboxylic acids is 1. The van der Waals surface area contributed by atoms with Gasteiger partial charge in [-0.2, -0.15) is 0 Å². The number of hydrogen-bond donors (Lipinski definition) is 0. The van der Waals surface area contributed by atoms with Gasteiger partial charge in [0.2, 0.25) is 0 Å². The van der Waals surface area contributed by atoms with Crippen LogP contribution in [0.15, 0.2) is 29.8 Å². The highest BCUT2D eigenvalue weighted by Crippen LogP contribution is 2.32. The van der Waals surface area contributed by atoms with Crippen LogP contribution in [0, 0.1) is 16.0 Å². The van der Waals surface area contributed by atoms with Gasteiger partial charge in [-0.15, -0.1) is 11.3 Å². The molecule has 0 atom stereocenters. The van der Waals surface area contributed by atoms with E-state index in [0.29, 0.717) is 43.3 Å². The summed E-state index contributed by atoms with van der Waals surface area (Å²) in [5.74, 6) is 0.500. The first-order valence-corrected chi connectivity index (χ1v) is 10.9. The van der Waals surface area contributed by atoms with E-state index in [9.17, 15) is 14.9 Å². The van der Waals surface area contributed by atoms with Gasteiger partial charge >= 0.3 is 0 Å². The van der Waals surface area contributed by atoms with Crippen molar-refractivity contribution >= 4 is 33.8 Å². The highest BCUT2D eigenvalue weighted by atomic mass is 32.1. The maximum atomic E-state index is 13.0. The Morgan fingerprint density at radius 3 is 2.48 bits per heavy atom. The zero-order valence-electron chi connectivity index (χ0n) is 16.5. The fourth-order valence-electron chi connectivity index (χ4n) is 3.98. The smallest absolute Gasteiger partial charge is 0.293 e. The zero-order chi connectivity index (χ0) is 20.4. The van der Waals surface area contributed by atoms with Crippen LogP contribution in [0.5, 0.6) is 0 Å². The van der Waals surface area contributed by atoms with Crippen molar-refractivity contribution in [3.63, 3.8) is 0 Å². The van der Waals surface area contributed by atoms with Crippen LogP contribution in [0.25, 0.3) is 0 Å². The van der Waals surface area contributed by atoms with Crippen LogP contribution in [0.1, 0.15) is 30.1 Å². The number of carbonyl (C=O) groups is 1. The number of piperidine rings is 1. The Labute approximate surface area is 173 Å². The van der Waals surface area contributed by atoms with Gasteiger partial charge in [-0.05, 0) is 30.9 Å². The van der Waals surface area contributed by atoms with Gasteiger partial charge in [0, 0.05) is 62.5 Å².